The molecule has 4 N–H and O–H groups in total. The molecule has 0 unspecified atom stereocenters. The standard InChI is InChI=1S/C15H21N3O4/c1-3-10(2)17-14(20)12(9-13(16)19)18-15(21)22-11-7-5-4-6-8-11/h4-8,10,12H,3,9H2,1-2H3,(H2,16,19)(H,17,20)(H,18,21)/t10-,12-/m0/s1. The van der Waals surface area contributed by atoms with Crippen LogP contribution in [-0.2, 0) is 9.59 Å². The van der Waals surface area contributed by atoms with Crippen molar-refractivity contribution in [2.45, 2.75) is 38.8 Å². The van der Waals surface area contributed by atoms with Crippen LogP contribution in [0.25, 0.3) is 0 Å². The van der Waals surface area contributed by atoms with E-state index in [9.17, 15) is 14.4 Å². The largest absolute Gasteiger partial charge is 0.413 e. The number of amides is 3. The van der Waals surface area contributed by atoms with Gasteiger partial charge in [0.2, 0.25) is 11.8 Å². The first kappa shape index (κ1) is 17.5. The Morgan fingerprint density at radius 1 is 1.18 bits per heavy atom. The molecule has 0 aromatic heterocycles. The first-order chi connectivity index (χ1) is 10.4. The van der Waals surface area contributed by atoms with Gasteiger partial charge in [-0.2, -0.15) is 0 Å². The van der Waals surface area contributed by atoms with Crippen LogP contribution in [-0.4, -0.2) is 30.0 Å². The second-order valence-corrected chi connectivity index (χ2v) is 4.89. The first-order valence-electron chi connectivity index (χ1n) is 7.04. The van der Waals surface area contributed by atoms with Crippen molar-refractivity contribution >= 4 is 17.9 Å². The van der Waals surface area contributed by atoms with Gasteiger partial charge in [0.05, 0.1) is 6.42 Å². The summed E-state index contributed by atoms with van der Waals surface area (Å²) >= 11 is 0. The minimum absolute atomic E-state index is 0.0742. The molecule has 2 atom stereocenters. The maximum absolute atomic E-state index is 12.0. The summed E-state index contributed by atoms with van der Waals surface area (Å²) in [6.07, 6.45) is -0.396. The van der Waals surface area contributed by atoms with E-state index in [4.69, 9.17) is 10.5 Å². The molecule has 0 radical (unpaired) electrons. The van der Waals surface area contributed by atoms with Gasteiger partial charge in [-0.3, -0.25) is 9.59 Å². The average molecular weight is 307 g/mol. The third-order valence-corrected chi connectivity index (χ3v) is 2.97. The molecule has 7 heteroatoms. The van der Waals surface area contributed by atoms with Crippen molar-refractivity contribution in [3.63, 3.8) is 0 Å². The van der Waals surface area contributed by atoms with Crippen molar-refractivity contribution in [2.24, 2.45) is 5.73 Å². The number of nitrogens with two attached hydrogens (primary N) is 1. The predicted molar refractivity (Wildman–Crippen MR) is 81.1 cm³/mol. The summed E-state index contributed by atoms with van der Waals surface area (Å²) in [5.74, 6) is -0.831. The number of rotatable bonds is 7. The van der Waals surface area contributed by atoms with E-state index in [-0.39, 0.29) is 12.5 Å². The number of ether oxygens (including phenoxy) is 1. The Hall–Kier alpha value is -2.57. The number of carbonyl (C=O) groups excluding carboxylic acids is 3. The number of para-hydroxylation sites is 1. The van der Waals surface area contributed by atoms with Gasteiger partial charge in [0, 0.05) is 6.04 Å². The van der Waals surface area contributed by atoms with Gasteiger partial charge in [-0.25, -0.2) is 4.79 Å². The van der Waals surface area contributed by atoms with Crippen LogP contribution in [0.1, 0.15) is 26.7 Å². The van der Waals surface area contributed by atoms with Crippen LogP contribution in [0, 0.1) is 0 Å². The molecule has 1 aromatic rings. The van der Waals surface area contributed by atoms with Crippen molar-refractivity contribution in [1.29, 1.82) is 0 Å². The molecule has 0 aliphatic heterocycles. The van der Waals surface area contributed by atoms with Crippen molar-refractivity contribution in [3.8, 4) is 5.75 Å². The molecule has 0 aliphatic carbocycles. The average Bonchev–Trinajstić information content (AvgIpc) is 2.46. The summed E-state index contributed by atoms with van der Waals surface area (Å²) in [6.45, 7) is 3.73. The molecule has 0 bridgehead atoms. The van der Waals surface area contributed by atoms with Crippen LogP contribution in [0.3, 0.4) is 0 Å². The molecule has 0 saturated carbocycles. The molecule has 1 rings (SSSR count). The summed E-state index contributed by atoms with van der Waals surface area (Å²) in [4.78, 5) is 34.9. The lowest BCUT2D eigenvalue weighted by molar-refractivity contribution is -0.127. The van der Waals surface area contributed by atoms with Crippen LogP contribution < -0.4 is 21.1 Å². The third kappa shape index (κ3) is 6.25. The maximum atomic E-state index is 12.0. The number of nitrogens with one attached hydrogen (secondary N) is 2. The van der Waals surface area contributed by atoms with E-state index in [1.54, 1.807) is 30.3 Å². The van der Waals surface area contributed by atoms with Gasteiger partial charge in [-0.15, -0.1) is 0 Å². The second kappa shape index (κ2) is 8.66. The number of benzene rings is 1. The smallest absolute Gasteiger partial charge is 0.410 e. The van der Waals surface area contributed by atoms with E-state index in [0.29, 0.717) is 5.75 Å². The summed E-state index contributed by atoms with van der Waals surface area (Å²) in [5.41, 5.74) is 5.11. The quantitative estimate of drug-likeness (QED) is 0.696. The minimum atomic E-state index is -1.07. The fourth-order valence-electron chi connectivity index (χ4n) is 1.62. The minimum Gasteiger partial charge on any atom is -0.410 e. The predicted octanol–water partition coefficient (Wildman–Crippen LogP) is 0.934. The summed E-state index contributed by atoms with van der Waals surface area (Å²) in [6, 6.07) is 7.25. The summed E-state index contributed by atoms with van der Waals surface area (Å²) in [5, 5.41) is 5.04. The lowest BCUT2D eigenvalue weighted by Crippen LogP contribution is -2.51. The molecule has 0 saturated heterocycles. The lowest BCUT2D eigenvalue weighted by atomic mass is 10.1. The molecular formula is C15H21N3O4. The van der Waals surface area contributed by atoms with Gasteiger partial charge in [0.15, 0.2) is 0 Å². The van der Waals surface area contributed by atoms with Crippen LogP contribution in [0.15, 0.2) is 30.3 Å². The first-order valence-corrected chi connectivity index (χ1v) is 7.04. The molecule has 0 fully saturated rings. The van der Waals surface area contributed by atoms with Gasteiger partial charge in [-0.1, -0.05) is 25.1 Å². The SMILES string of the molecule is CC[C@H](C)NC(=O)[C@H](CC(N)=O)NC(=O)Oc1ccccc1. The highest BCUT2D eigenvalue weighted by atomic mass is 16.6. The van der Waals surface area contributed by atoms with Crippen LogP contribution >= 0.6 is 0 Å². The van der Waals surface area contributed by atoms with Gasteiger partial charge in [-0.05, 0) is 25.5 Å². The van der Waals surface area contributed by atoms with Gasteiger partial charge >= 0.3 is 6.09 Å². The molecule has 120 valence electrons. The van der Waals surface area contributed by atoms with Gasteiger partial charge in [0.1, 0.15) is 11.8 Å². The number of primary amides is 1. The van der Waals surface area contributed by atoms with Crippen molar-refractivity contribution in [2.75, 3.05) is 0 Å². The highest BCUT2D eigenvalue weighted by molar-refractivity contribution is 5.90. The van der Waals surface area contributed by atoms with E-state index in [1.807, 2.05) is 13.8 Å². The van der Waals surface area contributed by atoms with E-state index in [0.717, 1.165) is 6.42 Å². The maximum Gasteiger partial charge on any atom is 0.413 e. The van der Waals surface area contributed by atoms with E-state index in [1.165, 1.54) is 0 Å². The number of hydrogen-bond donors (Lipinski definition) is 3. The zero-order valence-electron chi connectivity index (χ0n) is 12.7. The highest BCUT2D eigenvalue weighted by Crippen LogP contribution is 2.08. The summed E-state index contributed by atoms with van der Waals surface area (Å²) < 4.78 is 5.03. The normalized spacial score (nSPS) is 12.8. The van der Waals surface area contributed by atoms with Crippen molar-refractivity contribution in [1.82, 2.24) is 10.6 Å². The van der Waals surface area contributed by atoms with Crippen LogP contribution in [0.2, 0.25) is 0 Å². The van der Waals surface area contributed by atoms with Crippen LogP contribution in [0.5, 0.6) is 5.75 Å². The molecule has 0 aliphatic rings. The molecular weight excluding hydrogens is 286 g/mol. The molecule has 3 amide bonds. The fraction of sp³-hybridized carbons (Fsp3) is 0.400. The van der Waals surface area contributed by atoms with Gasteiger partial charge in [0.25, 0.3) is 0 Å². The fourth-order valence-corrected chi connectivity index (χ4v) is 1.62. The molecule has 0 heterocycles. The monoisotopic (exact) mass is 307 g/mol. The molecule has 0 spiro atoms. The zero-order valence-corrected chi connectivity index (χ0v) is 12.7. The summed E-state index contributed by atoms with van der Waals surface area (Å²) in [7, 11) is 0. The Labute approximate surface area is 129 Å². The second-order valence-electron chi connectivity index (χ2n) is 4.89. The Balaban J connectivity index is 2.65. The van der Waals surface area contributed by atoms with E-state index >= 15 is 0 Å². The molecule has 7 nitrogen and oxygen atoms in total. The van der Waals surface area contributed by atoms with Gasteiger partial charge < -0.3 is 21.1 Å². The topological polar surface area (TPSA) is 111 Å². The number of carbonyl (C=O) groups is 3. The zero-order chi connectivity index (χ0) is 16.5. The molecule has 1 aromatic carbocycles. The number of hydrogen-bond acceptors (Lipinski definition) is 4. The van der Waals surface area contributed by atoms with E-state index < -0.39 is 23.9 Å². The lowest BCUT2D eigenvalue weighted by Gasteiger charge is -2.19. The Morgan fingerprint density at radius 2 is 1.82 bits per heavy atom. The Bertz CT molecular complexity index is 519. The van der Waals surface area contributed by atoms with Crippen LogP contribution in [0.4, 0.5) is 4.79 Å². The highest BCUT2D eigenvalue weighted by Gasteiger charge is 2.24. The van der Waals surface area contributed by atoms with Crippen molar-refractivity contribution < 1.29 is 19.1 Å². The van der Waals surface area contributed by atoms with E-state index in [2.05, 4.69) is 10.6 Å². The Morgan fingerprint density at radius 3 is 2.36 bits per heavy atom. The molecule has 22 heavy (non-hydrogen) atoms. The van der Waals surface area contributed by atoms with Crippen molar-refractivity contribution in [3.05, 3.63) is 30.3 Å². The Kier molecular flexibility index (Phi) is 6.88. The third-order valence-electron chi connectivity index (χ3n) is 2.97.